The van der Waals surface area contributed by atoms with Crippen LogP contribution < -0.4 is 21.5 Å². The van der Waals surface area contributed by atoms with Crippen molar-refractivity contribution in [2.75, 3.05) is 40.4 Å². The molecule has 142 valence electrons. The van der Waals surface area contributed by atoms with E-state index < -0.39 is 0 Å². The van der Waals surface area contributed by atoms with Gasteiger partial charge in [0, 0.05) is 27.2 Å². The van der Waals surface area contributed by atoms with Crippen molar-refractivity contribution < 1.29 is 9.15 Å². The third-order valence-electron chi connectivity index (χ3n) is 3.59. The molecule has 1 saturated heterocycles. The van der Waals surface area contributed by atoms with E-state index in [2.05, 4.69) is 43.2 Å². The van der Waals surface area contributed by atoms with Crippen LogP contribution in [-0.4, -0.2) is 62.3 Å². The number of morpholine rings is 1. The van der Waals surface area contributed by atoms with Gasteiger partial charge in [-0.2, -0.15) is 10.2 Å². The molecule has 0 bridgehead atoms. The summed E-state index contributed by atoms with van der Waals surface area (Å²) < 4.78 is 11.3. The fourth-order valence-corrected chi connectivity index (χ4v) is 2.17. The average molecular weight is 379 g/mol. The third kappa shape index (κ3) is 6.47. The van der Waals surface area contributed by atoms with Crippen LogP contribution in [-0.2, 0) is 11.3 Å². The molecule has 2 heterocycles. The van der Waals surface area contributed by atoms with Gasteiger partial charge < -0.3 is 19.8 Å². The van der Waals surface area contributed by atoms with Gasteiger partial charge in [0.1, 0.15) is 17.3 Å². The van der Waals surface area contributed by atoms with Crippen LogP contribution in [0.5, 0.6) is 0 Å². The van der Waals surface area contributed by atoms with Crippen LogP contribution in [0.15, 0.2) is 39.2 Å². The highest BCUT2D eigenvalue weighted by Gasteiger charge is 2.14. The lowest BCUT2D eigenvalue weighted by Crippen LogP contribution is -2.35. The minimum absolute atomic E-state index is 0.392. The molecule has 1 aliphatic rings. The van der Waals surface area contributed by atoms with Crippen LogP contribution in [0.25, 0.3) is 0 Å². The van der Waals surface area contributed by atoms with E-state index in [0.717, 1.165) is 38.6 Å². The van der Waals surface area contributed by atoms with Crippen LogP contribution in [0.2, 0.25) is 0 Å². The lowest BCUT2D eigenvalue weighted by Gasteiger charge is -2.25. The SMILES string of the molecule is C=C(NC)N/N=C/C(=N\NC(=S)NC)c1ccc(CN2CCOCC2)o1. The minimum Gasteiger partial charge on any atom is -0.458 e. The van der Waals surface area contributed by atoms with Crippen LogP contribution >= 0.6 is 12.2 Å². The first-order valence-corrected chi connectivity index (χ1v) is 8.63. The van der Waals surface area contributed by atoms with Gasteiger partial charge in [-0.05, 0) is 24.4 Å². The first kappa shape index (κ1) is 19.9. The number of nitrogens with one attached hydrogen (secondary N) is 4. The number of thiocarbonyl (C=S) groups is 1. The standard InChI is InChI=1S/C16H25N7O2S/c1-12(17-2)20-19-10-14(21-22-16(26)18-3)15-5-4-13(25-15)11-23-6-8-24-9-7-23/h4-5,10,17,20H,1,6-9,11H2,2-3H3,(H2,18,22,26)/b19-10+,21-14+. The van der Waals surface area contributed by atoms with Gasteiger partial charge in [-0.3, -0.25) is 15.8 Å². The summed E-state index contributed by atoms with van der Waals surface area (Å²) in [7, 11) is 3.46. The predicted octanol–water partition coefficient (Wildman–Crippen LogP) is 0.176. The Bertz CT molecular complexity index is 665. The molecular formula is C16H25N7O2S. The Labute approximate surface area is 158 Å². The molecule has 0 spiro atoms. The molecule has 0 aliphatic carbocycles. The average Bonchev–Trinajstić information content (AvgIpc) is 3.12. The normalized spacial score (nSPS) is 15.7. The summed E-state index contributed by atoms with van der Waals surface area (Å²) in [6.45, 7) is 7.75. The fraction of sp³-hybridized carbons (Fsp3) is 0.438. The highest BCUT2D eigenvalue weighted by molar-refractivity contribution is 7.80. The summed E-state index contributed by atoms with van der Waals surface area (Å²) in [5.41, 5.74) is 5.98. The van der Waals surface area contributed by atoms with Gasteiger partial charge >= 0.3 is 0 Å². The van der Waals surface area contributed by atoms with E-state index in [1.54, 1.807) is 14.1 Å². The Kier molecular flexibility index (Phi) is 8.06. The van der Waals surface area contributed by atoms with Crippen molar-refractivity contribution in [1.82, 2.24) is 26.4 Å². The van der Waals surface area contributed by atoms with Crippen molar-refractivity contribution in [2.24, 2.45) is 10.2 Å². The lowest BCUT2D eigenvalue weighted by atomic mass is 10.3. The molecule has 1 aromatic heterocycles. The van der Waals surface area contributed by atoms with E-state index in [1.807, 2.05) is 12.1 Å². The number of ether oxygens (including phenoxy) is 1. The van der Waals surface area contributed by atoms with Crippen molar-refractivity contribution in [3.63, 3.8) is 0 Å². The smallest absolute Gasteiger partial charge is 0.186 e. The maximum Gasteiger partial charge on any atom is 0.186 e. The largest absolute Gasteiger partial charge is 0.458 e. The lowest BCUT2D eigenvalue weighted by molar-refractivity contribution is 0.0313. The third-order valence-corrected chi connectivity index (χ3v) is 3.89. The molecule has 2 rings (SSSR count). The monoisotopic (exact) mass is 379 g/mol. The molecule has 0 radical (unpaired) electrons. The zero-order chi connectivity index (χ0) is 18.8. The number of nitrogens with zero attached hydrogens (tertiary/aromatic N) is 3. The molecule has 9 nitrogen and oxygen atoms in total. The minimum atomic E-state index is 0.392. The van der Waals surface area contributed by atoms with E-state index >= 15 is 0 Å². The van der Waals surface area contributed by atoms with E-state index in [1.165, 1.54) is 6.21 Å². The van der Waals surface area contributed by atoms with Gasteiger partial charge in [-0.1, -0.05) is 6.58 Å². The zero-order valence-corrected chi connectivity index (χ0v) is 15.9. The van der Waals surface area contributed by atoms with E-state index in [0.29, 0.717) is 22.4 Å². The quantitative estimate of drug-likeness (QED) is 0.288. The summed E-state index contributed by atoms with van der Waals surface area (Å²) in [6.07, 6.45) is 1.53. The summed E-state index contributed by atoms with van der Waals surface area (Å²) in [5, 5.41) is 14.4. The number of hydrazone groups is 2. The molecule has 0 unspecified atom stereocenters. The number of rotatable bonds is 8. The van der Waals surface area contributed by atoms with Gasteiger partial charge in [0.05, 0.1) is 26.0 Å². The van der Waals surface area contributed by atoms with Crippen molar-refractivity contribution in [3.05, 3.63) is 36.1 Å². The van der Waals surface area contributed by atoms with Crippen LogP contribution in [0.4, 0.5) is 0 Å². The van der Waals surface area contributed by atoms with Gasteiger partial charge in [-0.15, -0.1) is 0 Å². The molecule has 1 aromatic rings. The second-order valence-electron chi connectivity index (χ2n) is 5.44. The summed E-state index contributed by atoms with van der Waals surface area (Å²) >= 11 is 5.05. The molecule has 0 atom stereocenters. The molecule has 26 heavy (non-hydrogen) atoms. The molecule has 4 N–H and O–H groups in total. The van der Waals surface area contributed by atoms with E-state index in [-0.39, 0.29) is 0 Å². The molecule has 0 saturated carbocycles. The van der Waals surface area contributed by atoms with Gasteiger partial charge in [0.2, 0.25) is 0 Å². The Morgan fingerprint density at radius 1 is 1.27 bits per heavy atom. The predicted molar refractivity (Wildman–Crippen MR) is 106 cm³/mol. The number of hydrogen-bond donors (Lipinski definition) is 4. The highest BCUT2D eigenvalue weighted by atomic mass is 32.1. The number of furan rings is 1. The molecule has 1 fully saturated rings. The summed E-state index contributed by atoms with van der Waals surface area (Å²) in [5.74, 6) is 2.00. The van der Waals surface area contributed by atoms with Gasteiger partial charge in [0.15, 0.2) is 10.9 Å². The van der Waals surface area contributed by atoms with Crippen molar-refractivity contribution >= 4 is 29.3 Å². The Balaban J connectivity index is 2.08. The molecule has 1 aliphatic heterocycles. The van der Waals surface area contributed by atoms with Gasteiger partial charge in [0.25, 0.3) is 0 Å². The molecule has 0 aromatic carbocycles. The van der Waals surface area contributed by atoms with Crippen LogP contribution in [0, 0.1) is 0 Å². The maximum atomic E-state index is 5.92. The Morgan fingerprint density at radius 3 is 2.73 bits per heavy atom. The van der Waals surface area contributed by atoms with E-state index in [9.17, 15) is 0 Å². The second-order valence-corrected chi connectivity index (χ2v) is 5.85. The fourth-order valence-electron chi connectivity index (χ4n) is 2.12. The molecule has 0 amide bonds. The zero-order valence-electron chi connectivity index (χ0n) is 15.0. The topological polar surface area (TPSA) is 98.5 Å². The maximum absolute atomic E-state index is 5.92. The van der Waals surface area contributed by atoms with E-state index in [4.69, 9.17) is 21.4 Å². The van der Waals surface area contributed by atoms with Crippen molar-refractivity contribution in [2.45, 2.75) is 6.54 Å². The Hall–Kier alpha value is -2.43. The highest BCUT2D eigenvalue weighted by Crippen LogP contribution is 2.12. The first-order valence-electron chi connectivity index (χ1n) is 8.22. The first-order chi connectivity index (χ1) is 12.6. The van der Waals surface area contributed by atoms with Crippen LogP contribution in [0.3, 0.4) is 0 Å². The van der Waals surface area contributed by atoms with Gasteiger partial charge in [-0.25, -0.2) is 0 Å². The second kappa shape index (κ2) is 10.5. The molecule has 10 heteroatoms. The van der Waals surface area contributed by atoms with Crippen LogP contribution in [0.1, 0.15) is 11.5 Å². The van der Waals surface area contributed by atoms with Crippen molar-refractivity contribution in [1.29, 1.82) is 0 Å². The summed E-state index contributed by atoms with van der Waals surface area (Å²) in [4.78, 5) is 2.28. The summed E-state index contributed by atoms with van der Waals surface area (Å²) in [6, 6.07) is 3.79. The molecular weight excluding hydrogens is 354 g/mol. The number of hydrogen-bond acceptors (Lipinski definition) is 8. The Morgan fingerprint density at radius 2 is 2.04 bits per heavy atom. The van der Waals surface area contributed by atoms with Crippen molar-refractivity contribution in [3.8, 4) is 0 Å².